The van der Waals surface area contributed by atoms with Crippen LogP contribution in [-0.4, -0.2) is 22.4 Å². The largest absolute Gasteiger partial charge is 0.390 e. The van der Waals surface area contributed by atoms with Crippen molar-refractivity contribution in [2.75, 3.05) is 0 Å². The summed E-state index contributed by atoms with van der Waals surface area (Å²) in [5, 5.41) is 17.9. The molecule has 1 aliphatic carbocycles. The Morgan fingerprint density at radius 2 is 1.25 bits per heavy atom. The minimum absolute atomic E-state index is 0.441. The van der Waals surface area contributed by atoms with Gasteiger partial charge in [-0.15, -0.1) is 0 Å². The second-order valence-corrected chi connectivity index (χ2v) is 2.42. The van der Waals surface area contributed by atoms with Crippen molar-refractivity contribution in [1.82, 2.24) is 0 Å². The molecule has 0 aliphatic heterocycles. The zero-order chi connectivity index (χ0) is 5.98. The van der Waals surface area contributed by atoms with E-state index in [0.717, 1.165) is 25.7 Å². The molecule has 2 nitrogen and oxygen atoms in total. The first-order valence-corrected chi connectivity index (χ1v) is 3.17. The van der Waals surface area contributed by atoms with Gasteiger partial charge in [0, 0.05) is 0 Å². The quantitative estimate of drug-likeness (QED) is 0.451. The Balaban J connectivity index is 2.28. The van der Waals surface area contributed by atoms with Crippen LogP contribution in [0, 0.1) is 0 Å². The first-order valence-electron chi connectivity index (χ1n) is 3.17. The molecule has 0 amide bonds. The summed E-state index contributed by atoms with van der Waals surface area (Å²) < 4.78 is 0. The van der Waals surface area contributed by atoms with Gasteiger partial charge in [0.2, 0.25) is 0 Å². The molecular weight excluding hydrogens is 108 g/mol. The number of hydrogen-bond acceptors (Lipinski definition) is 2. The van der Waals surface area contributed by atoms with Gasteiger partial charge in [-0.2, -0.15) is 0 Å². The molecule has 1 saturated carbocycles. The van der Waals surface area contributed by atoms with E-state index in [-0.39, 0.29) is 0 Å². The molecule has 1 fully saturated rings. The number of hydrogen-bond donors (Lipinski definition) is 2. The topological polar surface area (TPSA) is 40.5 Å². The Morgan fingerprint density at radius 1 is 0.875 bits per heavy atom. The third kappa shape index (κ3) is 1.20. The Kier molecular flexibility index (Phi) is 1.86. The summed E-state index contributed by atoms with van der Waals surface area (Å²) in [6.07, 6.45) is 2.81. The highest BCUT2D eigenvalue weighted by atomic mass is 18.2. The van der Waals surface area contributed by atoms with Crippen molar-refractivity contribution in [1.29, 1.82) is 0 Å². The van der Waals surface area contributed by atoms with E-state index >= 15 is 0 Å². The third-order valence-corrected chi connectivity index (χ3v) is 1.69. The lowest BCUT2D eigenvalue weighted by Crippen LogP contribution is -2.28. The normalized spacial score (nSPS) is 39.8. The van der Waals surface area contributed by atoms with Gasteiger partial charge in [0.25, 0.3) is 0 Å². The van der Waals surface area contributed by atoms with Crippen molar-refractivity contribution in [3.05, 3.63) is 0 Å². The van der Waals surface area contributed by atoms with Gasteiger partial charge >= 0.3 is 0 Å². The van der Waals surface area contributed by atoms with E-state index in [4.69, 9.17) is 10.2 Å². The molecule has 0 saturated heterocycles. The van der Waals surface area contributed by atoms with Crippen LogP contribution in [0.5, 0.6) is 0 Å². The number of aliphatic hydroxyl groups is 2. The van der Waals surface area contributed by atoms with Crippen LogP contribution in [0.1, 0.15) is 25.7 Å². The highest BCUT2D eigenvalue weighted by Gasteiger charge is 2.19. The molecule has 0 aromatic carbocycles. The van der Waals surface area contributed by atoms with Gasteiger partial charge in [-0.05, 0) is 12.8 Å². The molecule has 2 atom stereocenters. The fraction of sp³-hybridized carbons (Fsp3) is 1.00. The Morgan fingerprint density at radius 3 is 1.50 bits per heavy atom. The molecule has 0 heterocycles. The summed E-state index contributed by atoms with van der Waals surface area (Å²) in [4.78, 5) is 0. The minimum Gasteiger partial charge on any atom is -0.390 e. The van der Waals surface area contributed by atoms with Crippen LogP contribution < -0.4 is 0 Å². The van der Waals surface area contributed by atoms with Crippen molar-refractivity contribution in [3.63, 3.8) is 0 Å². The summed E-state index contributed by atoms with van der Waals surface area (Å²) in [7, 11) is 0. The molecular formula is C6H12O2. The van der Waals surface area contributed by atoms with Crippen LogP contribution in [0.3, 0.4) is 0 Å². The van der Waals surface area contributed by atoms with E-state index < -0.39 is 12.2 Å². The highest BCUT2D eigenvalue weighted by Crippen LogP contribution is 2.17. The van der Waals surface area contributed by atoms with Crippen LogP contribution in [0.4, 0.5) is 0 Å². The summed E-state index contributed by atoms with van der Waals surface area (Å²) in [5.41, 5.74) is 0. The van der Waals surface area contributed by atoms with Crippen molar-refractivity contribution in [2.45, 2.75) is 37.9 Å². The van der Waals surface area contributed by atoms with E-state index in [1.807, 2.05) is 0 Å². The van der Waals surface area contributed by atoms with Gasteiger partial charge in [0.05, 0.1) is 12.2 Å². The molecule has 1 rings (SSSR count). The van der Waals surface area contributed by atoms with Gasteiger partial charge in [0.1, 0.15) is 0 Å². The van der Waals surface area contributed by atoms with Crippen LogP contribution >= 0.6 is 0 Å². The van der Waals surface area contributed by atoms with Gasteiger partial charge in [-0.25, -0.2) is 0 Å². The van der Waals surface area contributed by atoms with E-state index in [1.165, 1.54) is 0 Å². The minimum atomic E-state index is -0.441. The fourth-order valence-corrected chi connectivity index (χ4v) is 1.09. The second kappa shape index (κ2) is 2.46. The van der Waals surface area contributed by atoms with Crippen LogP contribution in [0.2, 0.25) is 0 Å². The van der Waals surface area contributed by atoms with E-state index in [0.29, 0.717) is 0 Å². The predicted molar refractivity (Wildman–Crippen MR) is 30.5 cm³/mol. The van der Waals surface area contributed by atoms with Crippen molar-refractivity contribution in [2.24, 2.45) is 0 Å². The maximum absolute atomic E-state index is 8.93. The molecule has 48 valence electrons. The van der Waals surface area contributed by atoms with Gasteiger partial charge in [-0.3, -0.25) is 0 Å². The molecule has 1 aliphatic rings. The van der Waals surface area contributed by atoms with Gasteiger partial charge < -0.3 is 10.2 Å². The number of aliphatic hydroxyl groups excluding tert-OH is 2. The molecule has 2 heteroatoms. The monoisotopic (exact) mass is 120 g/mol. The van der Waals surface area contributed by atoms with Crippen LogP contribution in [-0.2, 0) is 0 Å². The molecule has 0 aromatic heterocycles. The first-order chi connectivity index (χ1) is 3.80. The number of rotatable bonds is 0. The van der Waals surface area contributed by atoms with E-state index in [2.05, 4.69) is 0 Å². The molecule has 0 aromatic rings. The lowest BCUT2D eigenvalue weighted by atomic mass is 9.97. The van der Waals surface area contributed by atoms with Gasteiger partial charge in [0.15, 0.2) is 0 Å². The van der Waals surface area contributed by atoms with Crippen molar-refractivity contribution in [3.8, 4) is 0 Å². The molecule has 0 spiro atoms. The standard InChI is InChI=1S/C6H12O2/c7-5-3-1-2-4-6(5)8/h5-8H,1-4H2/i7+2,8+2. The van der Waals surface area contributed by atoms with E-state index in [9.17, 15) is 0 Å². The van der Waals surface area contributed by atoms with E-state index in [1.54, 1.807) is 0 Å². The fourth-order valence-electron chi connectivity index (χ4n) is 1.09. The lowest BCUT2D eigenvalue weighted by molar-refractivity contribution is -0.00865. The summed E-state index contributed by atoms with van der Waals surface area (Å²) in [5.74, 6) is 0. The third-order valence-electron chi connectivity index (χ3n) is 1.69. The van der Waals surface area contributed by atoms with Gasteiger partial charge in [-0.1, -0.05) is 12.8 Å². The first kappa shape index (κ1) is 6.05. The molecule has 2 N–H and O–H groups in total. The van der Waals surface area contributed by atoms with Crippen molar-refractivity contribution < 1.29 is 10.2 Å². The average Bonchev–Trinajstić information content (AvgIpc) is 1.77. The average molecular weight is 120 g/mol. The summed E-state index contributed by atoms with van der Waals surface area (Å²) in [6, 6.07) is 0. The molecule has 0 bridgehead atoms. The smallest absolute Gasteiger partial charge is 0.0799 e. The van der Waals surface area contributed by atoms with Crippen molar-refractivity contribution >= 4 is 0 Å². The Labute approximate surface area is 49.1 Å². The summed E-state index contributed by atoms with van der Waals surface area (Å²) in [6.45, 7) is 0. The molecule has 8 heavy (non-hydrogen) atoms. The van der Waals surface area contributed by atoms with Crippen LogP contribution in [0.25, 0.3) is 0 Å². The predicted octanol–water partition coefficient (Wildman–Crippen LogP) is 0.282. The summed E-state index contributed by atoms with van der Waals surface area (Å²) >= 11 is 0. The lowest BCUT2D eigenvalue weighted by Gasteiger charge is -2.22. The van der Waals surface area contributed by atoms with Crippen LogP contribution in [0.15, 0.2) is 0 Å². The SMILES string of the molecule is [18OH]C1CCCCC1[18OH]. The maximum Gasteiger partial charge on any atom is 0.0799 e. The molecule has 2 unspecified atom stereocenters. The zero-order valence-corrected chi connectivity index (χ0v) is 4.88. The maximum atomic E-state index is 8.93. The molecule has 0 radical (unpaired) electrons. The highest BCUT2D eigenvalue weighted by molar-refractivity contribution is 4.72. The second-order valence-electron chi connectivity index (χ2n) is 2.42. The zero-order valence-electron chi connectivity index (χ0n) is 4.88. The Hall–Kier alpha value is -0.0800. The Bertz CT molecular complexity index is 62.9.